The van der Waals surface area contributed by atoms with Crippen LogP contribution in [0.4, 0.5) is 0 Å². The summed E-state index contributed by atoms with van der Waals surface area (Å²) in [6.07, 6.45) is 1.97. The Balaban J connectivity index is 2.81. The molecule has 3 heteroatoms. The lowest BCUT2D eigenvalue weighted by molar-refractivity contribution is 0.105. The Morgan fingerprint density at radius 1 is 1.43 bits per heavy atom. The third kappa shape index (κ3) is 2.91. The molecular formula is C11H10O2S. The van der Waals surface area contributed by atoms with E-state index >= 15 is 0 Å². The van der Waals surface area contributed by atoms with E-state index in [4.69, 9.17) is 5.11 Å². The van der Waals surface area contributed by atoms with Crippen molar-refractivity contribution in [2.75, 3.05) is 12.9 Å². The molecule has 0 fully saturated rings. The summed E-state index contributed by atoms with van der Waals surface area (Å²) in [5, 5.41) is 8.42. The molecule has 0 unspecified atom stereocenters. The number of aliphatic hydroxyl groups excluding tert-OH is 1. The van der Waals surface area contributed by atoms with Crippen LogP contribution < -0.4 is 0 Å². The molecule has 1 N–H and O–H groups in total. The lowest BCUT2D eigenvalue weighted by Crippen LogP contribution is -1.94. The van der Waals surface area contributed by atoms with Crippen molar-refractivity contribution in [1.82, 2.24) is 0 Å². The van der Waals surface area contributed by atoms with Crippen LogP contribution in [0.25, 0.3) is 0 Å². The van der Waals surface area contributed by atoms with Gasteiger partial charge in [-0.15, -0.1) is 11.8 Å². The van der Waals surface area contributed by atoms with Crippen LogP contribution in [-0.4, -0.2) is 23.8 Å². The molecule has 1 aromatic carbocycles. The SMILES string of the molecule is CSc1ccc(C(=O)C#CCO)cc1. The van der Waals surface area contributed by atoms with Gasteiger partial charge in [0.1, 0.15) is 6.61 Å². The van der Waals surface area contributed by atoms with E-state index < -0.39 is 0 Å². The van der Waals surface area contributed by atoms with Gasteiger partial charge < -0.3 is 5.11 Å². The van der Waals surface area contributed by atoms with Crippen LogP contribution in [0, 0.1) is 11.8 Å². The van der Waals surface area contributed by atoms with Crippen molar-refractivity contribution < 1.29 is 9.90 Å². The zero-order valence-corrected chi connectivity index (χ0v) is 8.60. The predicted molar refractivity (Wildman–Crippen MR) is 57.4 cm³/mol. The minimum absolute atomic E-state index is 0.258. The van der Waals surface area contributed by atoms with Crippen molar-refractivity contribution >= 4 is 17.5 Å². The van der Waals surface area contributed by atoms with Gasteiger partial charge >= 0.3 is 0 Å². The molecule has 72 valence electrons. The predicted octanol–water partition coefficient (Wildman–Crippen LogP) is 1.59. The van der Waals surface area contributed by atoms with Gasteiger partial charge in [0, 0.05) is 10.5 Å². The number of aliphatic hydroxyl groups is 1. The molecule has 1 aromatic rings. The molecule has 0 aliphatic carbocycles. The smallest absolute Gasteiger partial charge is 0.235 e. The first-order valence-corrected chi connectivity index (χ1v) is 5.28. The van der Waals surface area contributed by atoms with Crippen LogP contribution in [0.5, 0.6) is 0 Å². The number of hydrogen-bond donors (Lipinski definition) is 1. The van der Waals surface area contributed by atoms with Crippen LogP contribution in [0.15, 0.2) is 29.2 Å². The molecule has 1 rings (SSSR count). The van der Waals surface area contributed by atoms with Crippen LogP contribution >= 0.6 is 11.8 Å². The summed E-state index contributed by atoms with van der Waals surface area (Å²) < 4.78 is 0. The monoisotopic (exact) mass is 206 g/mol. The quantitative estimate of drug-likeness (QED) is 0.345. The maximum atomic E-state index is 11.3. The van der Waals surface area contributed by atoms with Gasteiger partial charge in [-0.25, -0.2) is 0 Å². The summed E-state index contributed by atoms with van der Waals surface area (Å²) >= 11 is 1.62. The average molecular weight is 206 g/mol. The van der Waals surface area contributed by atoms with Crippen LogP contribution in [0.1, 0.15) is 10.4 Å². The minimum Gasteiger partial charge on any atom is -0.384 e. The van der Waals surface area contributed by atoms with E-state index in [0.717, 1.165) is 4.90 Å². The fourth-order valence-corrected chi connectivity index (χ4v) is 1.34. The molecular weight excluding hydrogens is 196 g/mol. The molecule has 14 heavy (non-hydrogen) atoms. The minimum atomic E-state index is -0.283. The Hall–Kier alpha value is -1.24. The highest BCUT2D eigenvalue weighted by Crippen LogP contribution is 2.14. The van der Waals surface area contributed by atoms with Gasteiger partial charge in [-0.05, 0) is 36.4 Å². The normalized spacial score (nSPS) is 9.00. The van der Waals surface area contributed by atoms with Gasteiger partial charge in [0.25, 0.3) is 0 Å². The topological polar surface area (TPSA) is 37.3 Å². The zero-order chi connectivity index (χ0) is 10.4. The first kappa shape index (κ1) is 10.8. The molecule has 0 saturated carbocycles. The third-order valence-corrected chi connectivity index (χ3v) is 2.38. The molecule has 2 nitrogen and oxygen atoms in total. The second-order valence-corrected chi connectivity index (χ2v) is 3.40. The summed E-state index contributed by atoms with van der Waals surface area (Å²) in [5.41, 5.74) is 0.559. The van der Waals surface area contributed by atoms with Crippen molar-refractivity contribution in [2.24, 2.45) is 0 Å². The first-order valence-electron chi connectivity index (χ1n) is 4.06. The summed E-state index contributed by atoms with van der Waals surface area (Å²) in [7, 11) is 0. The number of rotatable bonds is 2. The maximum Gasteiger partial charge on any atom is 0.235 e. The third-order valence-electron chi connectivity index (χ3n) is 1.63. The highest BCUT2D eigenvalue weighted by molar-refractivity contribution is 7.98. The number of Topliss-reactive ketones (excluding diaryl/α,β-unsaturated/α-hetero) is 1. The molecule has 0 aromatic heterocycles. The molecule has 0 saturated heterocycles. The lowest BCUT2D eigenvalue weighted by atomic mass is 10.1. The second kappa shape index (κ2) is 5.48. The zero-order valence-electron chi connectivity index (χ0n) is 7.78. The highest BCUT2D eigenvalue weighted by atomic mass is 32.2. The number of hydrogen-bond acceptors (Lipinski definition) is 3. The molecule has 0 spiro atoms. The largest absolute Gasteiger partial charge is 0.384 e. The molecule has 0 heterocycles. The summed E-state index contributed by atoms with van der Waals surface area (Å²) in [6.45, 7) is -0.283. The number of carbonyl (C=O) groups excluding carboxylic acids is 1. The van der Waals surface area contributed by atoms with E-state index in [-0.39, 0.29) is 12.4 Å². The van der Waals surface area contributed by atoms with Crippen molar-refractivity contribution in [1.29, 1.82) is 0 Å². The van der Waals surface area contributed by atoms with Crippen LogP contribution in [-0.2, 0) is 0 Å². The Labute approximate surface area is 87.3 Å². The standard InChI is InChI=1S/C11H10O2S/c1-14-10-6-4-9(5-7-10)11(13)3-2-8-12/h4-7,12H,8H2,1H3. The highest BCUT2D eigenvalue weighted by Gasteiger charge is 2.00. The first-order chi connectivity index (χ1) is 6.77. The number of ketones is 1. The van der Waals surface area contributed by atoms with Gasteiger partial charge in [0.2, 0.25) is 5.78 Å². The summed E-state index contributed by atoms with van der Waals surface area (Å²) in [4.78, 5) is 12.4. The van der Waals surface area contributed by atoms with Gasteiger partial charge in [0.05, 0.1) is 0 Å². The molecule has 0 atom stereocenters. The number of thioether (sulfide) groups is 1. The Morgan fingerprint density at radius 2 is 2.07 bits per heavy atom. The van der Waals surface area contributed by atoms with E-state index in [2.05, 4.69) is 11.8 Å². The van der Waals surface area contributed by atoms with Gasteiger partial charge in [-0.1, -0.05) is 5.92 Å². The lowest BCUT2D eigenvalue weighted by Gasteiger charge is -1.96. The van der Waals surface area contributed by atoms with E-state index in [1.807, 2.05) is 18.4 Å². The van der Waals surface area contributed by atoms with Gasteiger partial charge in [-0.2, -0.15) is 0 Å². The fourth-order valence-electron chi connectivity index (χ4n) is 0.934. The summed E-state index contributed by atoms with van der Waals surface area (Å²) in [6, 6.07) is 7.22. The van der Waals surface area contributed by atoms with E-state index in [1.54, 1.807) is 23.9 Å². The number of benzene rings is 1. The second-order valence-electron chi connectivity index (χ2n) is 2.52. The van der Waals surface area contributed by atoms with E-state index in [1.165, 1.54) is 0 Å². The van der Waals surface area contributed by atoms with Crippen molar-refractivity contribution in [2.45, 2.75) is 4.90 Å². The van der Waals surface area contributed by atoms with Crippen molar-refractivity contribution in [3.05, 3.63) is 29.8 Å². The Morgan fingerprint density at radius 3 is 2.57 bits per heavy atom. The Kier molecular flexibility index (Phi) is 4.24. The molecule has 0 amide bonds. The van der Waals surface area contributed by atoms with Crippen molar-refractivity contribution in [3.8, 4) is 11.8 Å². The fraction of sp³-hybridized carbons (Fsp3) is 0.182. The van der Waals surface area contributed by atoms with Gasteiger partial charge in [0.15, 0.2) is 0 Å². The average Bonchev–Trinajstić information content (AvgIpc) is 2.26. The van der Waals surface area contributed by atoms with Gasteiger partial charge in [-0.3, -0.25) is 4.79 Å². The molecule has 0 bridgehead atoms. The van der Waals surface area contributed by atoms with E-state index in [0.29, 0.717) is 5.56 Å². The Bertz CT molecular complexity index is 371. The van der Waals surface area contributed by atoms with Crippen LogP contribution in [0.3, 0.4) is 0 Å². The number of carbonyl (C=O) groups is 1. The molecule has 0 radical (unpaired) electrons. The summed E-state index contributed by atoms with van der Waals surface area (Å²) in [5.74, 6) is 4.41. The maximum absolute atomic E-state index is 11.3. The van der Waals surface area contributed by atoms with Crippen molar-refractivity contribution in [3.63, 3.8) is 0 Å². The molecule has 0 aliphatic rings. The van der Waals surface area contributed by atoms with Crippen LogP contribution in [0.2, 0.25) is 0 Å². The van der Waals surface area contributed by atoms with E-state index in [9.17, 15) is 4.79 Å². The molecule has 0 aliphatic heterocycles.